The van der Waals surface area contributed by atoms with Crippen molar-refractivity contribution in [3.63, 3.8) is 0 Å². The number of amides is 2. The van der Waals surface area contributed by atoms with Crippen LogP contribution >= 0.6 is 0 Å². The van der Waals surface area contributed by atoms with Crippen LogP contribution < -0.4 is 5.32 Å². The zero-order chi connectivity index (χ0) is 15.0. The molecule has 1 atom stereocenters. The smallest absolute Gasteiger partial charge is 0.317 e. The Labute approximate surface area is 119 Å². The molecule has 0 saturated heterocycles. The monoisotopic (exact) mass is 278 g/mol. The molecule has 1 unspecified atom stereocenters. The molecule has 110 valence electrons. The van der Waals surface area contributed by atoms with Crippen LogP contribution in [0.5, 0.6) is 0 Å². The van der Waals surface area contributed by atoms with Gasteiger partial charge in [0.15, 0.2) is 0 Å². The van der Waals surface area contributed by atoms with Gasteiger partial charge in [0, 0.05) is 26.1 Å². The predicted octanol–water partition coefficient (Wildman–Crippen LogP) is 2.12. The predicted molar refractivity (Wildman–Crippen MR) is 77.6 cm³/mol. The van der Waals surface area contributed by atoms with E-state index in [0.29, 0.717) is 13.0 Å². The Hall–Kier alpha value is -2.04. The van der Waals surface area contributed by atoms with Gasteiger partial charge in [-0.15, -0.1) is 0 Å². The zero-order valence-corrected chi connectivity index (χ0v) is 12.0. The van der Waals surface area contributed by atoms with Gasteiger partial charge in [0.05, 0.1) is 0 Å². The van der Waals surface area contributed by atoms with Gasteiger partial charge in [0.1, 0.15) is 0 Å². The van der Waals surface area contributed by atoms with Crippen molar-refractivity contribution < 1.29 is 14.7 Å². The quantitative estimate of drug-likeness (QED) is 0.802. The van der Waals surface area contributed by atoms with Gasteiger partial charge in [0.25, 0.3) is 0 Å². The maximum Gasteiger partial charge on any atom is 0.317 e. The van der Waals surface area contributed by atoms with E-state index in [2.05, 4.69) is 5.32 Å². The van der Waals surface area contributed by atoms with Gasteiger partial charge in [-0.3, -0.25) is 4.79 Å². The minimum absolute atomic E-state index is 0.0341. The van der Waals surface area contributed by atoms with E-state index in [0.717, 1.165) is 6.42 Å². The first-order valence-corrected chi connectivity index (χ1v) is 6.76. The Balaban J connectivity index is 2.31. The van der Waals surface area contributed by atoms with E-state index < -0.39 is 5.97 Å². The number of hydrogen-bond donors (Lipinski definition) is 2. The fourth-order valence-electron chi connectivity index (χ4n) is 1.91. The van der Waals surface area contributed by atoms with Crippen molar-refractivity contribution in [2.45, 2.75) is 32.2 Å². The summed E-state index contributed by atoms with van der Waals surface area (Å²) in [5.41, 5.74) is 1.17. The van der Waals surface area contributed by atoms with Crippen LogP contribution in [0, 0.1) is 0 Å². The molecule has 0 saturated carbocycles. The molecule has 1 rings (SSSR count). The second-order valence-corrected chi connectivity index (χ2v) is 4.96. The number of nitrogens with zero attached hydrogens (tertiary/aromatic N) is 1. The third-order valence-corrected chi connectivity index (χ3v) is 2.99. The highest BCUT2D eigenvalue weighted by atomic mass is 16.4. The van der Waals surface area contributed by atoms with E-state index in [1.807, 2.05) is 37.3 Å². The van der Waals surface area contributed by atoms with E-state index in [-0.39, 0.29) is 18.5 Å². The number of hydrogen-bond acceptors (Lipinski definition) is 2. The first-order chi connectivity index (χ1) is 9.49. The Bertz CT molecular complexity index is 434. The molecule has 0 heterocycles. The molecule has 2 amide bonds. The highest BCUT2D eigenvalue weighted by Crippen LogP contribution is 2.03. The number of urea groups is 1. The van der Waals surface area contributed by atoms with E-state index in [1.165, 1.54) is 10.5 Å². The zero-order valence-electron chi connectivity index (χ0n) is 12.0. The molecule has 2 N–H and O–H groups in total. The summed E-state index contributed by atoms with van der Waals surface area (Å²) in [5.74, 6) is -0.837. The summed E-state index contributed by atoms with van der Waals surface area (Å²) in [6.45, 7) is 2.40. The highest BCUT2D eigenvalue weighted by molar-refractivity contribution is 5.74. The van der Waals surface area contributed by atoms with Crippen LogP contribution in [0.15, 0.2) is 30.3 Å². The molecule has 5 nitrogen and oxygen atoms in total. The molecule has 0 spiro atoms. The van der Waals surface area contributed by atoms with Gasteiger partial charge >= 0.3 is 12.0 Å². The minimum atomic E-state index is -0.837. The van der Waals surface area contributed by atoms with Gasteiger partial charge in [-0.05, 0) is 25.3 Å². The molecule has 0 bridgehead atoms. The van der Waals surface area contributed by atoms with Crippen molar-refractivity contribution in [2.24, 2.45) is 0 Å². The Morgan fingerprint density at radius 3 is 2.55 bits per heavy atom. The van der Waals surface area contributed by atoms with Crippen LogP contribution in [-0.4, -0.2) is 41.6 Å². The van der Waals surface area contributed by atoms with Gasteiger partial charge < -0.3 is 15.3 Å². The van der Waals surface area contributed by atoms with Crippen LogP contribution in [0.2, 0.25) is 0 Å². The lowest BCUT2D eigenvalue weighted by atomic mass is 10.1. The molecule has 5 heteroatoms. The lowest BCUT2D eigenvalue weighted by Gasteiger charge is -2.21. The van der Waals surface area contributed by atoms with Crippen molar-refractivity contribution in [3.8, 4) is 0 Å². The molecule has 1 aromatic rings. The fraction of sp³-hybridized carbons (Fsp3) is 0.467. The number of aliphatic carboxylic acids is 1. The standard InChI is InChI=1S/C15H22N2O3/c1-12(11-13-7-4-3-5-8-13)16-15(20)17(2)10-6-9-14(18)19/h3-5,7-8,12H,6,9-11H2,1-2H3,(H,16,20)(H,18,19). The van der Waals surface area contributed by atoms with Crippen molar-refractivity contribution in [1.82, 2.24) is 10.2 Å². The average Bonchev–Trinajstić information content (AvgIpc) is 2.39. The Kier molecular flexibility index (Phi) is 6.56. The maximum atomic E-state index is 11.9. The summed E-state index contributed by atoms with van der Waals surface area (Å²) >= 11 is 0. The van der Waals surface area contributed by atoms with E-state index in [1.54, 1.807) is 7.05 Å². The third-order valence-electron chi connectivity index (χ3n) is 2.99. The van der Waals surface area contributed by atoms with E-state index in [4.69, 9.17) is 5.11 Å². The van der Waals surface area contributed by atoms with Gasteiger partial charge in [-0.25, -0.2) is 4.79 Å². The first-order valence-electron chi connectivity index (χ1n) is 6.76. The summed E-state index contributed by atoms with van der Waals surface area (Å²) in [7, 11) is 1.67. The molecule has 0 aliphatic rings. The minimum Gasteiger partial charge on any atom is -0.481 e. The van der Waals surface area contributed by atoms with Gasteiger partial charge in [0.2, 0.25) is 0 Å². The molecule has 0 fully saturated rings. The molecule has 0 aliphatic heterocycles. The summed E-state index contributed by atoms with van der Waals surface area (Å²) in [6.07, 6.45) is 1.32. The van der Waals surface area contributed by atoms with Crippen LogP contribution in [0.25, 0.3) is 0 Å². The largest absolute Gasteiger partial charge is 0.481 e. The number of rotatable bonds is 7. The summed E-state index contributed by atoms with van der Waals surface area (Å²) in [5, 5.41) is 11.5. The van der Waals surface area contributed by atoms with Crippen molar-refractivity contribution >= 4 is 12.0 Å². The highest BCUT2D eigenvalue weighted by Gasteiger charge is 2.12. The number of carbonyl (C=O) groups is 2. The fourth-order valence-corrected chi connectivity index (χ4v) is 1.91. The number of carboxylic acids is 1. The second kappa shape index (κ2) is 8.19. The van der Waals surface area contributed by atoms with Crippen molar-refractivity contribution in [3.05, 3.63) is 35.9 Å². The SMILES string of the molecule is CC(Cc1ccccc1)NC(=O)N(C)CCCC(=O)O. The topological polar surface area (TPSA) is 69.6 Å². The first kappa shape index (κ1) is 16.0. The molecule has 0 aliphatic carbocycles. The van der Waals surface area contributed by atoms with E-state index in [9.17, 15) is 9.59 Å². The normalized spacial score (nSPS) is 11.7. The number of benzene rings is 1. The molecular weight excluding hydrogens is 256 g/mol. The number of nitrogens with one attached hydrogen (secondary N) is 1. The second-order valence-electron chi connectivity index (χ2n) is 4.96. The summed E-state index contributed by atoms with van der Waals surface area (Å²) in [4.78, 5) is 23.8. The lowest BCUT2D eigenvalue weighted by molar-refractivity contribution is -0.137. The summed E-state index contributed by atoms with van der Waals surface area (Å²) < 4.78 is 0. The van der Waals surface area contributed by atoms with E-state index >= 15 is 0 Å². The van der Waals surface area contributed by atoms with Crippen molar-refractivity contribution in [2.75, 3.05) is 13.6 Å². The summed E-state index contributed by atoms with van der Waals surface area (Å²) in [6, 6.07) is 9.83. The number of carboxylic acid groups (broad SMARTS) is 1. The Morgan fingerprint density at radius 1 is 1.30 bits per heavy atom. The van der Waals surface area contributed by atoms with Gasteiger partial charge in [-0.2, -0.15) is 0 Å². The molecule has 1 aromatic carbocycles. The molecule has 20 heavy (non-hydrogen) atoms. The van der Waals surface area contributed by atoms with Crippen LogP contribution in [0.1, 0.15) is 25.3 Å². The average molecular weight is 278 g/mol. The van der Waals surface area contributed by atoms with Crippen LogP contribution in [0.3, 0.4) is 0 Å². The maximum absolute atomic E-state index is 11.9. The number of carbonyl (C=O) groups excluding carboxylic acids is 1. The van der Waals surface area contributed by atoms with Crippen LogP contribution in [0.4, 0.5) is 4.79 Å². The third kappa shape index (κ3) is 6.22. The molecule has 0 aromatic heterocycles. The van der Waals surface area contributed by atoms with Crippen molar-refractivity contribution in [1.29, 1.82) is 0 Å². The molecule has 0 radical (unpaired) electrons. The lowest BCUT2D eigenvalue weighted by Crippen LogP contribution is -2.43. The van der Waals surface area contributed by atoms with Gasteiger partial charge in [-0.1, -0.05) is 30.3 Å². The Morgan fingerprint density at radius 2 is 1.95 bits per heavy atom. The van der Waals surface area contributed by atoms with Crippen LogP contribution in [-0.2, 0) is 11.2 Å². The molecular formula is C15H22N2O3.